The van der Waals surface area contributed by atoms with E-state index in [1.165, 1.54) is 30.5 Å². The molecule has 0 unspecified atom stereocenters. The Labute approximate surface area is 193 Å². The van der Waals surface area contributed by atoms with Crippen molar-refractivity contribution in [1.29, 1.82) is 5.26 Å². The van der Waals surface area contributed by atoms with Crippen molar-refractivity contribution < 1.29 is 18.7 Å². The predicted octanol–water partition coefficient (Wildman–Crippen LogP) is 5.48. The average molecular weight is 459 g/mol. The van der Waals surface area contributed by atoms with E-state index in [1.54, 1.807) is 29.2 Å². The first-order valence-corrected chi connectivity index (χ1v) is 10.5. The molecule has 0 amide bonds. The summed E-state index contributed by atoms with van der Waals surface area (Å²) in [5.41, 5.74) is 1.58. The molecule has 0 bridgehead atoms. The number of halogens is 2. The van der Waals surface area contributed by atoms with Gasteiger partial charge in [-0.2, -0.15) is 10.4 Å². The van der Waals surface area contributed by atoms with E-state index in [9.17, 15) is 19.6 Å². The third-order valence-corrected chi connectivity index (χ3v) is 6.05. The summed E-state index contributed by atoms with van der Waals surface area (Å²) >= 11 is 0. The van der Waals surface area contributed by atoms with Gasteiger partial charge in [-0.1, -0.05) is 0 Å². The van der Waals surface area contributed by atoms with Crippen molar-refractivity contribution in [3.63, 3.8) is 0 Å². The maximum absolute atomic E-state index is 15.9. The number of nitrogens with zero attached hydrogens (tertiary/aromatic N) is 4. The second-order valence-electron chi connectivity index (χ2n) is 8.75. The first kappa shape index (κ1) is 21.4. The minimum Gasteiger partial charge on any atom is -0.478 e. The van der Waals surface area contributed by atoms with Crippen molar-refractivity contribution >= 4 is 39.6 Å². The van der Waals surface area contributed by atoms with E-state index in [2.05, 4.69) is 10.2 Å². The average Bonchev–Trinajstić information content (AvgIpc) is 3.28. The van der Waals surface area contributed by atoms with E-state index in [1.807, 2.05) is 24.8 Å². The van der Waals surface area contributed by atoms with Crippen LogP contribution in [-0.2, 0) is 0 Å². The van der Waals surface area contributed by atoms with Crippen molar-refractivity contribution in [2.45, 2.75) is 19.4 Å². The van der Waals surface area contributed by atoms with Gasteiger partial charge in [0.05, 0.1) is 28.6 Å². The van der Waals surface area contributed by atoms with Gasteiger partial charge < -0.3 is 14.9 Å². The molecule has 170 valence electrons. The number of hydrogen-bond donors (Lipinski definition) is 2. The fourth-order valence-electron chi connectivity index (χ4n) is 4.55. The van der Waals surface area contributed by atoms with Gasteiger partial charge in [0.15, 0.2) is 5.82 Å². The molecule has 0 aliphatic carbocycles. The summed E-state index contributed by atoms with van der Waals surface area (Å²) in [5.74, 6) is -2.19. The van der Waals surface area contributed by atoms with Gasteiger partial charge in [-0.3, -0.25) is 5.10 Å². The molecule has 2 N–H and O–H groups in total. The zero-order chi connectivity index (χ0) is 24.2. The van der Waals surface area contributed by atoms with Gasteiger partial charge in [0, 0.05) is 23.3 Å². The molecule has 7 nitrogen and oxygen atoms in total. The topological polar surface area (TPSA) is 96.2 Å². The first-order chi connectivity index (χ1) is 16.2. The minimum atomic E-state index is -1.05. The predicted molar refractivity (Wildman–Crippen MR) is 124 cm³/mol. The van der Waals surface area contributed by atoms with Crippen LogP contribution in [0.15, 0.2) is 54.7 Å². The van der Waals surface area contributed by atoms with Crippen molar-refractivity contribution in [1.82, 2.24) is 10.2 Å². The molecule has 34 heavy (non-hydrogen) atoms. The molecule has 1 aliphatic rings. The number of H-pyrrole nitrogens is 1. The highest BCUT2D eigenvalue weighted by Gasteiger charge is 2.41. The molecule has 0 saturated heterocycles. The van der Waals surface area contributed by atoms with E-state index < -0.39 is 23.1 Å². The summed E-state index contributed by atoms with van der Waals surface area (Å²) in [6.45, 7) is 4.24. The largest absolute Gasteiger partial charge is 0.478 e. The van der Waals surface area contributed by atoms with E-state index in [-0.39, 0.29) is 22.3 Å². The number of fused-ring (bicyclic) bond motifs is 2. The lowest BCUT2D eigenvalue weighted by atomic mass is 9.93. The molecule has 4 aromatic rings. The number of nitriles is 1. The Morgan fingerprint density at radius 3 is 2.53 bits per heavy atom. The monoisotopic (exact) mass is 459 g/mol. The number of carboxylic acids is 1. The van der Waals surface area contributed by atoms with E-state index in [0.29, 0.717) is 29.0 Å². The zero-order valence-corrected chi connectivity index (χ0v) is 18.3. The summed E-state index contributed by atoms with van der Waals surface area (Å²) in [4.78, 5) is 15.0. The molecule has 1 aliphatic heterocycles. The van der Waals surface area contributed by atoms with Crippen LogP contribution in [0.2, 0.25) is 0 Å². The fraction of sp³-hybridized carbons (Fsp3) is 0.160. The minimum absolute atomic E-state index is 0.105. The number of anilines is 4. The highest BCUT2D eigenvalue weighted by atomic mass is 19.1. The quantitative estimate of drug-likeness (QED) is 0.421. The molecule has 2 heterocycles. The number of carboxylic acid groups (broad SMARTS) is 1. The van der Waals surface area contributed by atoms with Crippen LogP contribution >= 0.6 is 0 Å². The van der Waals surface area contributed by atoms with Crippen LogP contribution in [0.3, 0.4) is 0 Å². The lowest BCUT2D eigenvalue weighted by molar-refractivity contribution is 0.0697. The number of carbonyl (C=O) groups is 1. The zero-order valence-electron chi connectivity index (χ0n) is 18.3. The van der Waals surface area contributed by atoms with Gasteiger partial charge in [-0.15, -0.1) is 0 Å². The van der Waals surface area contributed by atoms with Gasteiger partial charge in [0.2, 0.25) is 0 Å². The summed E-state index contributed by atoms with van der Waals surface area (Å²) in [6.07, 6.45) is 1.52. The number of aromatic nitrogens is 2. The molecular weight excluding hydrogens is 440 g/mol. The van der Waals surface area contributed by atoms with Crippen molar-refractivity contribution in [3.05, 3.63) is 77.5 Å². The van der Waals surface area contributed by atoms with Gasteiger partial charge in [0.25, 0.3) is 0 Å². The smallest absolute Gasteiger partial charge is 0.335 e. The van der Waals surface area contributed by atoms with Gasteiger partial charge in [-0.25, -0.2) is 13.6 Å². The molecule has 0 spiro atoms. The Hall–Kier alpha value is -4.45. The van der Waals surface area contributed by atoms with E-state index in [4.69, 9.17) is 0 Å². The highest BCUT2D eigenvalue weighted by molar-refractivity contribution is 5.96. The van der Waals surface area contributed by atoms with E-state index in [0.717, 1.165) is 0 Å². The fourth-order valence-corrected chi connectivity index (χ4v) is 4.55. The Balaban J connectivity index is 1.77. The lowest BCUT2D eigenvalue weighted by Crippen LogP contribution is -2.53. The molecule has 0 radical (unpaired) electrons. The van der Waals surface area contributed by atoms with Gasteiger partial charge in [0.1, 0.15) is 23.1 Å². The summed E-state index contributed by atoms with van der Waals surface area (Å²) < 4.78 is 30.0. The van der Waals surface area contributed by atoms with Crippen LogP contribution in [0, 0.1) is 23.0 Å². The van der Waals surface area contributed by atoms with Crippen molar-refractivity contribution in [2.75, 3.05) is 16.3 Å². The van der Waals surface area contributed by atoms with E-state index >= 15 is 4.39 Å². The molecule has 3 aromatic carbocycles. The number of benzene rings is 3. The summed E-state index contributed by atoms with van der Waals surface area (Å²) in [6, 6.07) is 14.1. The molecule has 0 atom stereocenters. The first-order valence-electron chi connectivity index (χ1n) is 10.5. The molecule has 0 saturated carbocycles. The third kappa shape index (κ3) is 3.23. The molecule has 0 fully saturated rings. The van der Waals surface area contributed by atoms with Crippen molar-refractivity contribution in [3.8, 4) is 6.07 Å². The van der Waals surface area contributed by atoms with Crippen LogP contribution in [0.25, 0.3) is 10.9 Å². The molecule has 5 rings (SSSR count). The second-order valence-corrected chi connectivity index (χ2v) is 8.75. The Morgan fingerprint density at radius 2 is 1.85 bits per heavy atom. The standard InChI is InChI=1S/C25H19F2N5O2/c1-25(2)13-31(17-5-3-14(4-6-17)24(33)34)23-20(10-16-12-29-30-22(16)21(23)27)32(25)18-7-8-19(26)15(9-18)11-28/h3-10,12H,13H2,1-2H3,(H,29,30)(H,33,34). The lowest BCUT2D eigenvalue weighted by Gasteiger charge is -2.50. The summed E-state index contributed by atoms with van der Waals surface area (Å²) in [7, 11) is 0. The number of nitrogens with one attached hydrogen (secondary N) is 1. The Kier molecular flexibility index (Phi) is 4.76. The highest BCUT2D eigenvalue weighted by Crippen LogP contribution is 2.50. The van der Waals surface area contributed by atoms with Crippen LogP contribution in [-0.4, -0.2) is 33.4 Å². The second kappa shape index (κ2) is 7.56. The maximum Gasteiger partial charge on any atom is 0.335 e. The molecule has 9 heteroatoms. The van der Waals surface area contributed by atoms with Crippen LogP contribution < -0.4 is 9.80 Å². The number of aromatic amines is 1. The van der Waals surface area contributed by atoms with Gasteiger partial charge >= 0.3 is 5.97 Å². The van der Waals surface area contributed by atoms with Crippen LogP contribution in [0.4, 0.5) is 31.5 Å². The normalized spacial score (nSPS) is 14.7. The summed E-state index contributed by atoms with van der Waals surface area (Å²) in [5, 5.41) is 25.8. The van der Waals surface area contributed by atoms with Gasteiger partial charge in [-0.05, 0) is 62.4 Å². The molecule has 1 aromatic heterocycles. The Bertz CT molecular complexity index is 1490. The maximum atomic E-state index is 15.9. The van der Waals surface area contributed by atoms with Crippen molar-refractivity contribution in [2.24, 2.45) is 0 Å². The Morgan fingerprint density at radius 1 is 1.15 bits per heavy atom. The van der Waals surface area contributed by atoms with Crippen LogP contribution in [0.5, 0.6) is 0 Å². The SMILES string of the molecule is CC1(C)CN(c2ccc(C(=O)O)cc2)c2c(cc3cn[nH]c3c2F)N1c1ccc(F)c(C#N)c1. The number of aromatic carboxylic acids is 1. The van der Waals surface area contributed by atoms with Crippen LogP contribution in [0.1, 0.15) is 29.8 Å². The third-order valence-electron chi connectivity index (χ3n) is 6.05. The number of rotatable bonds is 3. The molecular formula is C25H19F2N5O2. The number of hydrogen-bond acceptors (Lipinski definition) is 5.